The van der Waals surface area contributed by atoms with Crippen molar-refractivity contribution in [1.82, 2.24) is 4.90 Å². The van der Waals surface area contributed by atoms with Gasteiger partial charge in [-0.3, -0.25) is 4.79 Å². The van der Waals surface area contributed by atoms with E-state index in [0.717, 1.165) is 17.7 Å². The van der Waals surface area contributed by atoms with Gasteiger partial charge in [-0.25, -0.2) is 0 Å². The van der Waals surface area contributed by atoms with Gasteiger partial charge in [-0.15, -0.1) is 0 Å². The minimum Gasteiger partial charge on any atom is -0.390 e. The van der Waals surface area contributed by atoms with Crippen molar-refractivity contribution in [3.8, 4) is 0 Å². The number of halogens is 2. The van der Waals surface area contributed by atoms with Crippen LogP contribution >= 0.6 is 23.2 Å². The molecule has 1 amide bonds. The number of hydrogen-bond donors (Lipinski definition) is 0. The Bertz CT molecular complexity index is 593. The van der Waals surface area contributed by atoms with Crippen LogP contribution in [-0.2, 0) is 14.4 Å². The van der Waals surface area contributed by atoms with E-state index in [2.05, 4.69) is 5.16 Å². The number of hydrogen-bond acceptors (Lipinski definition) is 4. The van der Waals surface area contributed by atoms with Crippen LogP contribution in [0, 0.1) is 0 Å². The molecule has 0 N–H and O–H groups in total. The molecule has 1 aliphatic heterocycles. The number of methoxy groups -OCH3 is 1. The Morgan fingerprint density at radius 2 is 2.22 bits per heavy atom. The van der Waals surface area contributed by atoms with E-state index in [-0.39, 0.29) is 18.6 Å². The van der Waals surface area contributed by atoms with E-state index in [0.29, 0.717) is 29.6 Å². The number of carbonyl (C=O) groups excluding carboxylic acids is 1. The summed E-state index contributed by atoms with van der Waals surface area (Å²) in [6, 6.07) is 5.37. The first-order chi connectivity index (χ1) is 11.0. The third-order valence-electron chi connectivity index (χ3n) is 3.52. The zero-order chi connectivity index (χ0) is 16.8. The summed E-state index contributed by atoms with van der Waals surface area (Å²) >= 11 is 12.0. The number of rotatable bonds is 7. The maximum Gasteiger partial charge on any atom is 0.248 e. The first kappa shape index (κ1) is 18.0. The molecule has 0 unspecified atom stereocenters. The molecule has 126 valence electrons. The molecular weight excluding hydrogens is 339 g/mol. The third-order valence-corrected chi connectivity index (χ3v) is 4.26. The summed E-state index contributed by atoms with van der Waals surface area (Å²) in [4.78, 5) is 19.3. The lowest BCUT2D eigenvalue weighted by Gasteiger charge is -2.24. The van der Waals surface area contributed by atoms with Crippen molar-refractivity contribution >= 4 is 34.8 Å². The standard InChI is InChI=1S/C16H20Cl2N2O3/c1-3-6-20(16(21)10-22-2)9-12-8-15(19-23-12)11-4-5-13(17)14(18)7-11/h4-5,7,12H,3,6,8-10H2,1-2H3/t12-/m0/s1. The van der Waals surface area contributed by atoms with Crippen LogP contribution in [0.1, 0.15) is 25.3 Å². The Morgan fingerprint density at radius 1 is 1.43 bits per heavy atom. The van der Waals surface area contributed by atoms with Gasteiger partial charge in [0.1, 0.15) is 6.61 Å². The fourth-order valence-electron chi connectivity index (χ4n) is 2.42. The summed E-state index contributed by atoms with van der Waals surface area (Å²) in [5, 5.41) is 5.11. The predicted octanol–water partition coefficient (Wildman–Crippen LogP) is 3.37. The van der Waals surface area contributed by atoms with Crippen molar-refractivity contribution in [2.24, 2.45) is 5.16 Å². The van der Waals surface area contributed by atoms with Crippen LogP contribution in [0.2, 0.25) is 10.0 Å². The fraction of sp³-hybridized carbons (Fsp3) is 0.500. The first-order valence-electron chi connectivity index (χ1n) is 7.50. The lowest BCUT2D eigenvalue weighted by molar-refractivity contribution is -0.136. The van der Waals surface area contributed by atoms with Gasteiger partial charge in [0.25, 0.3) is 0 Å². The average molecular weight is 359 g/mol. The van der Waals surface area contributed by atoms with Crippen molar-refractivity contribution in [2.45, 2.75) is 25.9 Å². The molecule has 1 aromatic rings. The van der Waals surface area contributed by atoms with Crippen LogP contribution < -0.4 is 0 Å². The zero-order valence-corrected chi connectivity index (χ0v) is 14.7. The van der Waals surface area contributed by atoms with Gasteiger partial charge in [0.15, 0.2) is 6.10 Å². The number of benzene rings is 1. The average Bonchev–Trinajstić information content (AvgIpc) is 2.98. The Kier molecular flexibility index (Phi) is 6.69. The Morgan fingerprint density at radius 3 is 2.87 bits per heavy atom. The highest BCUT2D eigenvalue weighted by atomic mass is 35.5. The molecule has 23 heavy (non-hydrogen) atoms. The highest BCUT2D eigenvalue weighted by Gasteiger charge is 2.26. The number of oxime groups is 1. The minimum absolute atomic E-state index is 0.0408. The summed E-state index contributed by atoms with van der Waals surface area (Å²) in [5.41, 5.74) is 1.69. The van der Waals surface area contributed by atoms with Gasteiger partial charge in [0.2, 0.25) is 5.91 Å². The Balaban J connectivity index is 1.97. The number of ether oxygens (including phenoxy) is 1. The molecule has 2 rings (SSSR count). The quantitative estimate of drug-likeness (QED) is 0.750. The molecule has 0 bridgehead atoms. The van der Waals surface area contributed by atoms with Gasteiger partial charge in [0, 0.05) is 25.6 Å². The van der Waals surface area contributed by atoms with Crippen LogP contribution in [0.3, 0.4) is 0 Å². The second-order valence-electron chi connectivity index (χ2n) is 5.37. The van der Waals surface area contributed by atoms with E-state index in [1.54, 1.807) is 17.0 Å². The molecule has 1 aromatic carbocycles. The number of carbonyl (C=O) groups is 1. The monoisotopic (exact) mass is 358 g/mol. The highest BCUT2D eigenvalue weighted by molar-refractivity contribution is 6.42. The van der Waals surface area contributed by atoms with Gasteiger partial charge < -0.3 is 14.5 Å². The van der Waals surface area contributed by atoms with Crippen LogP contribution in [-0.4, -0.2) is 49.4 Å². The molecule has 1 aliphatic rings. The van der Waals surface area contributed by atoms with Gasteiger partial charge >= 0.3 is 0 Å². The summed E-state index contributed by atoms with van der Waals surface area (Å²) in [7, 11) is 1.51. The van der Waals surface area contributed by atoms with Crippen molar-refractivity contribution in [2.75, 3.05) is 26.8 Å². The van der Waals surface area contributed by atoms with E-state index >= 15 is 0 Å². The number of nitrogens with zero attached hydrogens (tertiary/aromatic N) is 2. The maximum atomic E-state index is 12.0. The second kappa shape index (κ2) is 8.52. The van der Waals surface area contributed by atoms with Crippen LogP contribution in [0.15, 0.2) is 23.4 Å². The molecule has 0 fully saturated rings. The molecule has 5 nitrogen and oxygen atoms in total. The highest BCUT2D eigenvalue weighted by Crippen LogP contribution is 2.25. The normalized spacial score (nSPS) is 16.9. The molecule has 1 heterocycles. The lowest BCUT2D eigenvalue weighted by Crippen LogP contribution is -2.40. The van der Waals surface area contributed by atoms with Gasteiger partial charge in [0.05, 0.1) is 22.3 Å². The largest absolute Gasteiger partial charge is 0.390 e. The van der Waals surface area contributed by atoms with E-state index in [4.69, 9.17) is 32.8 Å². The zero-order valence-electron chi connectivity index (χ0n) is 13.2. The minimum atomic E-state index is -0.160. The van der Waals surface area contributed by atoms with Crippen molar-refractivity contribution < 1.29 is 14.4 Å². The molecule has 7 heteroatoms. The summed E-state index contributed by atoms with van der Waals surface area (Å²) < 4.78 is 4.92. The van der Waals surface area contributed by atoms with Gasteiger partial charge in [-0.1, -0.05) is 41.3 Å². The molecule has 0 saturated heterocycles. The fourth-order valence-corrected chi connectivity index (χ4v) is 2.72. The molecule has 1 atom stereocenters. The van der Waals surface area contributed by atoms with E-state index in [1.807, 2.05) is 13.0 Å². The third kappa shape index (κ3) is 4.83. The first-order valence-corrected chi connectivity index (χ1v) is 8.25. The van der Waals surface area contributed by atoms with Crippen LogP contribution in [0.4, 0.5) is 0 Å². The maximum absolute atomic E-state index is 12.0. The molecule has 0 radical (unpaired) electrons. The van der Waals surface area contributed by atoms with Crippen molar-refractivity contribution in [3.63, 3.8) is 0 Å². The summed E-state index contributed by atoms with van der Waals surface area (Å²) in [5.74, 6) is -0.0408. The van der Waals surface area contributed by atoms with Crippen molar-refractivity contribution in [1.29, 1.82) is 0 Å². The molecular formula is C16H20Cl2N2O3. The molecule has 0 aromatic heterocycles. The van der Waals surface area contributed by atoms with E-state index < -0.39 is 0 Å². The molecule has 0 aliphatic carbocycles. The predicted molar refractivity (Wildman–Crippen MR) is 91.2 cm³/mol. The van der Waals surface area contributed by atoms with Crippen LogP contribution in [0.5, 0.6) is 0 Å². The Labute approximate surface area is 146 Å². The van der Waals surface area contributed by atoms with Crippen LogP contribution in [0.25, 0.3) is 0 Å². The van der Waals surface area contributed by atoms with E-state index in [1.165, 1.54) is 7.11 Å². The SMILES string of the molecule is CCCN(C[C@@H]1CC(c2ccc(Cl)c(Cl)c2)=NO1)C(=O)COC. The van der Waals surface area contributed by atoms with Gasteiger partial charge in [-0.2, -0.15) is 0 Å². The smallest absolute Gasteiger partial charge is 0.248 e. The Hall–Kier alpha value is -1.30. The number of amides is 1. The van der Waals surface area contributed by atoms with Crippen molar-refractivity contribution in [3.05, 3.63) is 33.8 Å². The molecule has 0 spiro atoms. The lowest BCUT2D eigenvalue weighted by atomic mass is 10.0. The topological polar surface area (TPSA) is 51.1 Å². The van der Waals surface area contributed by atoms with E-state index in [9.17, 15) is 4.79 Å². The summed E-state index contributed by atoms with van der Waals surface area (Å²) in [6.45, 7) is 3.27. The molecule has 0 saturated carbocycles. The summed E-state index contributed by atoms with van der Waals surface area (Å²) in [6.07, 6.45) is 1.34. The second-order valence-corrected chi connectivity index (χ2v) is 6.19. The van der Waals surface area contributed by atoms with Gasteiger partial charge in [-0.05, 0) is 18.6 Å².